The molecule has 0 saturated heterocycles. The molecule has 0 aliphatic carbocycles. The highest BCUT2D eigenvalue weighted by Gasteiger charge is 2.12. The summed E-state index contributed by atoms with van der Waals surface area (Å²) in [5.41, 5.74) is 0. The maximum absolute atomic E-state index is 11.0. The fraction of sp³-hybridized carbons (Fsp3) is 1.00. The molecule has 0 rings (SSSR count). The topological polar surface area (TPSA) is 59.6 Å². The van der Waals surface area contributed by atoms with Crippen molar-refractivity contribution in [3.05, 3.63) is 0 Å². The van der Waals surface area contributed by atoms with Gasteiger partial charge in [-0.25, -0.2) is 0 Å². The predicted molar refractivity (Wildman–Crippen MR) is 47.4 cm³/mol. The second-order valence-corrected chi connectivity index (χ2v) is 3.32. The maximum atomic E-state index is 11.0. The molecule has 0 unspecified atom stereocenters. The van der Waals surface area contributed by atoms with Crippen molar-refractivity contribution in [2.75, 3.05) is 40.5 Å². The number of hydrogen-bond donors (Lipinski definition) is 2. The van der Waals surface area contributed by atoms with E-state index in [1.54, 1.807) is 14.2 Å². The van der Waals surface area contributed by atoms with Gasteiger partial charge < -0.3 is 9.47 Å². The third kappa shape index (κ3) is 8.04. The van der Waals surface area contributed by atoms with Crippen LogP contribution < -0.4 is 10.2 Å². The molecule has 0 bridgehead atoms. The molecule has 0 fully saturated rings. The summed E-state index contributed by atoms with van der Waals surface area (Å²) in [6.45, 7) is 2.30. The molecule has 0 saturated carbocycles. The quantitative estimate of drug-likeness (QED) is 0.425. The molecule has 0 radical (unpaired) electrons. The fourth-order valence-corrected chi connectivity index (χ4v) is 1.25. The Labute approximate surface area is 73.7 Å². The van der Waals surface area contributed by atoms with E-state index in [2.05, 4.69) is 10.2 Å². The molecule has 0 spiro atoms. The normalized spacial score (nSPS) is 10.2. The van der Waals surface area contributed by atoms with Gasteiger partial charge in [-0.15, -0.1) is 0 Å². The minimum Gasteiger partial charge on any atom is -0.383 e. The molecule has 0 aromatic carbocycles. The van der Waals surface area contributed by atoms with Crippen LogP contribution in [0.4, 0.5) is 0 Å². The van der Waals surface area contributed by atoms with Crippen LogP contribution in [0.1, 0.15) is 0 Å². The Morgan fingerprint density at radius 2 is 1.50 bits per heavy atom. The first-order chi connectivity index (χ1) is 5.81. The van der Waals surface area contributed by atoms with Gasteiger partial charge in [-0.1, -0.05) is 10.2 Å². The average molecular weight is 195 g/mol. The van der Waals surface area contributed by atoms with Gasteiger partial charge in [0.25, 0.3) is 0 Å². The van der Waals surface area contributed by atoms with E-state index >= 15 is 0 Å². The largest absolute Gasteiger partial charge is 0.532 e. The number of methoxy groups -OCH3 is 2. The van der Waals surface area contributed by atoms with Crippen LogP contribution in [0.15, 0.2) is 0 Å². The summed E-state index contributed by atoms with van der Waals surface area (Å²) in [5, 5.41) is 5.52. The molecule has 5 nitrogen and oxygen atoms in total. The molecular weight excluding hydrogens is 179 g/mol. The van der Waals surface area contributed by atoms with E-state index in [4.69, 9.17) is 9.47 Å². The summed E-state index contributed by atoms with van der Waals surface area (Å²) >= 11 is 0. The van der Waals surface area contributed by atoms with Crippen LogP contribution in [0, 0.1) is 0 Å². The Morgan fingerprint density at radius 3 is 1.83 bits per heavy atom. The minimum absolute atomic E-state index is 0.563. The molecule has 0 heterocycles. The smallest absolute Gasteiger partial charge is 0.383 e. The van der Waals surface area contributed by atoms with Crippen LogP contribution >= 0.6 is 8.10 Å². The standard InChI is InChI=1S/C6H16N2O3P/c1-10-5-3-7-12(9)8-4-6-11-2/h3-6H2,1-2H3,(H2,7,8,9)/q+1. The van der Waals surface area contributed by atoms with Gasteiger partial charge in [0, 0.05) is 14.2 Å². The van der Waals surface area contributed by atoms with Gasteiger partial charge in [-0.05, 0) is 4.57 Å². The molecule has 12 heavy (non-hydrogen) atoms. The zero-order chi connectivity index (χ0) is 9.23. The van der Waals surface area contributed by atoms with Gasteiger partial charge >= 0.3 is 8.10 Å². The summed E-state index contributed by atoms with van der Waals surface area (Å²) in [4.78, 5) is 0. The van der Waals surface area contributed by atoms with Crippen LogP contribution in [0.25, 0.3) is 0 Å². The zero-order valence-electron chi connectivity index (χ0n) is 7.50. The summed E-state index contributed by atoms with van der Waals surface area (Å²) in [7, 11) is 1.69. The van der Waals surface area contributed by atoms with Crippen molar-refractivity contribution in [1.29, 1.82) is 0 Å². The van der Waals surface area contributed by atoms with E-state index in [9.17, 15) is 4.57 Å². The van der Waals surface area contributed by atoms with E-state index in [1.807, 2.05) is 0 Å². The van der Waals surface area contributed by atoms with Crippen molar-refractivity contribution in [3.63, 3.8) is 0 Å². The zero-order valence-corrected chi connectivity index (χ0v) is 8.39. The number of nitrogens with one attached hydrogen (secondary N) is 2. The van der Waals surface area contributed by atoms with Gasteiger partial charge in [-0.3, -0.25) is 0 Å². The molecule has 0 amide bonds. The molecule has 2 N–H and O–H groups in total. The van der Waals surface area contributed by atoms with Gasteiger partial charge in [0.15, 0.2) is 0 Å². The Morgan fingerprint density at radius 1 is 1.08 bits per heavy atom. The van der Waals surface area contributed by atoms with Gasteiger partial charge in [0.2, 0.25) is 0 Å². The van der Waals surface area contributed by atoms with Crippen molar-refractivity contribution in [2.24, 2.45) is 0 Å². The first-order valence-electron chi connectivity index (χ1n) is 3.73. The van der Waals surface area contributed by atoms with Crippen LogP contribution in [0.3, 0.4) is 0 Å². The summed E-state index contributed by atoms with van der Waals surface area (Å²) < 4.78 is 20.6. The van der Waals surface area contributed by atoms with Crippen molar-refractivity contribution in [3.8, 4) is 0 Å². The second-order valence-electron chi connectivity index (χ2n) is 2.10. The fourth-order valence-electron chi connectivity index (χ4n) is 0.554. The lowest BCUT2D eigenvalue weighted by atomic mass is 10.7. The van der Waals surface area contributed by atoms with Crippen LogP contribution in [0.5, 0.6) is 0 Å². The molecule has 0 aliphatic rings. The number of rotatable bonds is 8. The molecule has 0 aromatic heterocycles. The van der Waals surface area contributed by atoms with E-state index in [0.717, 1.165) is 0 Å². The third-order valence-electron chi connectivity index (χ3n) is 1.12. The molecular formula is C6H16N2O3P+. The van der Waals surface area contributed by atoms with E-state index in [-0.39, 0.29) is 0 Å². The molecule has 0 aliphatic heterocycles. The van der Waals surface area contributed by atoms with Gasteiger partial charge in [-0.2, -0.15) is 0 Å². The minimum atomic E-state index is -1.51. The molecule has 0 atom stereocenters. The summed E-state index contributed by atoms with van der Waals surface area (Å²) in [6.07, 6.45) is 0. The first-order valence-corrected chi connectivity index (χ1v) is 4.99. The molecule has 0 aromatic rings. The lowest BCUT2D eigenvalue weighted by molar-refractivity contribution is 0.202. The van der Waals surface area contributed by atoms with Crippen molar-refractivity contribution in [2.45, 2.75) is 0 Å². The highest BCUT2D eigenvalue weighted by molar-refractivity contribution is 7.40. The lowest BCUT2D eigenvalue weighted by Gasteiger charge is -1.94. The summed E-state index contributed by atoms with van der Waals surface area (Å²) in [6, 6.07) is 0. The maximum Gasteiger partial charge on any atom is 0.532 e. The van der Waals surface area contributed by atoms with Crippen molar-refractivity contribution in [1.82, 2.24) is 10.2 Å². The molecule has 6 heteroatoms. The Kier molecular flexibility index (Phi) is 8.99. The predicted octanol–water partition coefficient (Wildman–Crippen LogP) is 0.116. The SMILES string of the molecule is COCCN[P+](=O)NCCOC. The second kappa shape index (κ2) is 9.03. The van der Waals surface area contributed by atoms with Crippen LogP contribution in [0.2, 0.25) is 0 Å². The van der Waals surface area contributed by atoms with Crippen LogP contribution in [-0.4, -0.2) is 40.5 Å². The first kappa shape index (κ1) is 11.9. The van der Waals surface area contributed by atoms with Crippen LogP contribution in [-0.2, 0) is 14.0 Å². The third-order valence-corrected chi connectivity index (χ3v) is 2.14. The highest BCUT2D eigenvalue weighted by Crippen LogP contribution is 2.04. The van der Waals surface area contributed by atoms with Gasteiger partial charge in [0.05, 0.1) is 26.3 Å². The van der Waals surface area contributed by atoms with Crippen molar-refractivity contribution >= 4 is 8.10 Å². The van der Waals surface area contributed by atoms with E-state index in [0.29, 0.717) is 26.3 Å². The van der Waals surface area contributed by atoms with E-state index in [1.165, 1.54) is 0 Å². The highest BCUT2D eigenvalue weighted by atomic mass is 31.1. The Bertz CT molecular complexity index is 111. The lowest BCUT2D eigenvalue weighted by Crippen LogP contribution is -2.20. The molecule has 72 valence electrons. The van der Waals surface area contributed by atoms with Crippen molar-refractivity contribution < 1.29 is 14.0 Å². The number of ether oxygens (including phenoxy) is 2. The van der Waals surface area contributed by atoms with E-state index < -0.39 is 8.10 Å². The Hall–Kier alpha value is -0.0600. The Balaban J connectivity index is 3.10. The monoisotopic (exact) mass is 195 g/mol. The van der Waals surface area contributed by atoms with Gasteiger partial charge in [0.1, 0.15) is 0 Å². The summed E-state index contributed by atoms with van der Waals surface area (Å²) in [5.74, 6) is 0. The number of hydrogen-bond acceptors (Lipinski definition) is 3. The average Bonchev–Trinajstić information content (AvgIpc) is 2.06.